The highest BCUT2D eigenvalue weighted by Crippen LogP contribution is 2.22. The number of aryl methyl sites for hydroxylation is 1. The van der Waals surface area contributed by atoms with Crippen molar-refractivity contribution in [2.24, 2.45) is 0 Å². The zero-order valence-corrected chi connectivity index (χ0v) is 12.0. The molecule has 4 heteroatoms. The monoisotopic (exact) mass is 285 g/mol. The van der Waals surface area contributed by atoms with Gasteiger partial charge in [-0.1, -0.05) is 36.4 Å². The highest BCUT2D eigenvalue weighted by Gasteiger charge is 2.18. The summed E-state index contributed by atoms with van der Waals surface area (Å²) in [6.45, 7) is 0. The van der Waals surface area contributed by atoms with Gasteiger partial charge in [-0.2, -0.15) is 0 Å². The van der Waals surface area contributed by atoms with Gasteiger partial charge < -0.3 is 9.84 Å². The quantitative estimate of drug-likeness (QED) is 0.848. The first-order valence-electron chi connectivity index (χ1n) is 6.97. The number of carbonyl (C=O) groups is 1. The summed E-state index contributed by atoms with van der Waals surface area (Å²) in [5.41, 5.74) is 1.95. The van der Waals surface area contributed by atoms with Crippen molar-refractivity contribution in [2.75, 3.05) is 7.11 Å². The fraction of sp³-hybridized carbons (Fsp3) is 0.294. The van der Waals surface area contributed by atoms with Crippen LogP contribution in [0.2, 0.25) is 0 Å². The number of methoxy groups -OCH3 is 1. The molecule has 1 aromatic carbocycles. The molecule has 0 radical (unpaired) electrons. The van der Waals surface area contributed by atoms with Gasteiger partial charge in [0.2, 0.25) is 5.88 Å². The second-order valence-corrected chi connectivity index (χ2v) is 4.90. The molecule has 1 aromatic heterocycles. The number of hydrogen-bond acceptors (Lipinski definition) is 3. The third kappa shape index (κ3) is 4.31. The lowest BCUT2D eigenvalue weighted by molar-refractivity contribution is -0.139. The van der Waals surface area contributed by atoms with Crippen LogP contribution in [0.4, 0.5) is 0 Å². The van der Waals surface area contributed by atoms with E-state index in [1.165, 1.54) is 0 Å². The molecule has 0 bridgehead atoms. The Morgan fingerprint density at radius 2 is 2.00 bits per heavy atom. The Morgan fingerprint density at radius 1 is 1.24 bits per heavy atom. The molecule has 0 amide bonds. The molecule has 0 spiro atoms. The van der Waals surface area contributed by atoms with Crippen molar-refractivity contribution in [2.45, 2.75) is 25.2 Å². The maximum atomic E-state index is 11.4. The molecule has 0 aliphatic heterocycles. The zero-order chi connectivity index (χ0) is 15.1. The van der Waals surface area contributed by atoms with Crippen molar-refractivity contribution in [1.29, 1.82) is 0 Å². The van der Waals surface area contributed by atoms with Crippen LogP contribution in [0, 0.1) is 0 Å². The van der Waals surface area contributed by atoms with E-state index in [-0.39, 0.29) is 0 Å². The lowest BCUT2D eigenvalue weighted by atomic mass is 9.93. The predicted molar refractivity (Wildman–Crippen MR) is 80.5 cm³/mol. The van der Waals surface area contributed by atoms with Crippen molar-refractivity contribution < 1.29 is 14.6 Å². The normalized spacial score (nSPS) is 11.9. The number of pyridine rings is 1. The van der Waals surface area contributed by atoms with Gasteiger partial charge in [-0.3, -0.25) is 4.79 Å². The molecule has 1 atom stereocenters. The number of nitrogens with zero attached hydrogens (tertiary/aromatic N) is 1. The van der Waals surface area contributed by atoms with E-state index in [2.05, 4.69) is 4.98 Å². The minimum absolute atomic E-state index is 0.447. The standard InChI is InChI=1S/C17H19NO3/c1-21-16-11-10-13(12-18-16)6-5-9-15(17(19)20)14-7-3-2-4-8-14/h2-4,7-8,10-12,15H,5-6,9H2,1H3,(H,19,20). The molecule has 0 fully saturated rings. The van der Waals surface area contributed by atoms with Crippen LogP contribution in [0.25, 0.3) is 0 Å². The Bertz CT molecular complexity index is 566. The Labute approximate surface area is 124 Å². The first-order chi connectivity index (χ1) is 10.2. The summed E-state index contributed by atoms with van der Waals surface area (Å²) in [6.07, 6.45) is 4.01. The number of carboxylic acid groups (broad SMARTS) is 1. The topological polar surface area (TPSA) is 59.4 Å². The Balaban J connectivity index is 1.92. The van der Waals surface area contributed by atoms with Crippen LogP contribution in [-0.2, 0) is 11.2 Å². The minimum atomic E-state index is -0.769. The highest BCUT2D eigenvalue weighted by molar-refractivity contribution is 5.75. The van der Waals surface area contributed by atoms with Crippen LogP contribution in [0.5, 0.6) is 5.88 Å². The minimum Gasteiger partial charge on any atom is -0.481 e. The molecule has 1 heterocycles. The molecule has 2 rings (SSSR count). The van der Waals surface area contributed by atoms with E-state index in [0.29, 0.717) is 12.3 Å². The van der Waals surface area contributed by atoms with Gasteiger partial charge in [-0.25, -0.2) is 4.98 Å². The van der Waals surface area contributed by atoms with Gasteiger partial charge in [-0.05, 0) is 30.4 Å². The van der Waals surface area contributed by atoms with E-state index in [1.807, 2.05) is 42.5 Å². The van der Waals surface area contributed by atoms with E-state index < -0.39 is 11.9 Å². The van der Waals surface area contributed by atoms with Crippen LogP contribution in [0.1, 0.15) is 29.9 Å². The molecular weight excluding hydrogens is 266 g/mol. The van der Waals surface area contributed by atoms with Crippen molar-refractivity contribution in [3.8, 4) is 5.88 Å². The molecule has 0 saturated carbocycles. The third-order valence-corrected chi connectivity index (χ3v) is 3.47. The molecule has 1 N–H and O–H groups in total. The maximum Gasteiger partial charge on any atom is 0.310 e. The second-order valence-electron chi connectivity index (χ2n) is 4.90. The smallest absolute Gasteiger partial charge is 0.310 e. The largest absolute Gasteiger partial charge is 0.481 e. The predicted octanol–water partition coefficient (Wildman–Crippen LogP) is 3.28. The molecule has 0 aliphatic rings. The fourth-order valence-electron chi connectivity index (χ4n) is 2.31. The van der Waals surface area contributed by atoms with Gasteiger partial charge in [0.25, 0.3) is 0 Å². The summed E-state index contributed by atoms with van der Waals surface area (Å²) in [7, 11) is 1.58. The number of rotatable bonds is 7. The van der Waals surface area contributed by atoms with Gasteiger partial charge >= 0.3 is 5.97 Å². The number of aromatic nitrogens is 1. The van der Waals surface area contributed by atoms with Crippen molar-refractivity contribution in [3.63, 3.8) is 0 Å². The Morgan fingerprint density at radius 3 is 2.57 bits per heavy atom. The van der Waals surface area contributed by atoms with Crippen LogP contribution in [-0.4, -0.2) is 23.2 Å². The van der Waals surface area contributed by atoms with Crippen molar-refractivity contribution in [3.05, 3.63) is 59.8 Å². The van der Waals surface area contributed by atoms with E-state index in [9.17, 15) is 9.90 Å². The first kappa shape index (κ1) is 15.0. The summed E-state index contributed by atoms with van der Waals surface area (Å²) in [4.78, 5) is 15.5. The van der Waals surface area contributed by atoms with E-state index in [4.69, 9.17) is 4.74 Å². The molecule has 110 valence electrons. The van der Waals surface area contributed by atoms with Gasteiger partial charge in [0.15, 0.2) is 0 Å². The molecule has 2 aromatic rings. The summed E-state index contributed by atoms with van der Waals surface area (Å²) in [6, 6.07) is 13.2. The summed E-state index contributed by atoms with van der Waals surface area (Å²) >= 11 is 0. The number of benzene rings is 1. The summed E-state index contributed by atoms with van der Waals surface area (Å²) < 4.78 is 5.01. The van der Waals surface area contributed by atoms with Crippen LogP contribution >= 0.6 is 0 Å². The van der Waals surface area contributed by atoms with Gasteiger partial charge in [0.05, 0.1) is 13.0 Å². The molecule has 4 nitrogen and oxygen atoms in total. The number of aliphatic carboxylic acids is 1. The summed E-state index contributed by atoms with van der Waals surface area (Å²) in [5, 5.41) is 9.36. The van der Waals surface area contributed by atoms with Crippen molar-refractivity contribution in [1.82, 2.24) is 4.98 Å². The Hall–Kier alpha value is -2.36. The third-order valence-electron chi connectivity index (χ3n) is 3.47. The van der Waals surface area contributed by atoms with E-state index >= 15 is 0 Å². The van der Waals surface area contributed by atoms with Crippen LogP contribution in [0.15, 0.2) is 48.7 Å². The van der Waals surface area contributed by atoms with Gasteiger partial charge in [0.1, 0.15) is 0 Å². The molecule has 21 heavy (non-hydrogen) atoms. The maximum absolute atomic E-state index is 11.4. The SMILES string of the molecule is COc1ccc(CCCC(C(=O)O)c2ccccc2)cn1. The zero-order valence-electron chi connectivity index (χ0n) is 12.0. The Kier molecular flexibility index (Phi) is 5.32. The molecular formula is C17H19NO3. The van der Waals surface area contributed by atoms with E-state index in [0.717, 1.165) is 24.0 Å². The number of carboxylic acids is 1. The average Bonchev–Trinajstić information content (AvgIpc) is 2.52. The van der Waals surface area contributed by atoms with Gasteiger partial charge in [-0.15, -0.1) is 0 Å². The summed E-state index contributed by atoms with van der Waals surface area (Å²) in [5.74, 6) is -0.627. The average molecular weight is 285 g/mol. The molecule has 1 unspecified atom stereocenters. The number of ether oxygens (including phenoxy) is 1. The van der Waals surface area contributed by atoms with Crippen molar-refractivity contribution >= 4 is 5.97 Å². The number of hydrogen-bond donors (Lipinski definition) is 1. The molecule has 0 saturated heterocycles. The van der Waals surface area contributed by atoms with Gasteiger partial charge in [0, 0.05) is 12.3 Å². The second kappa shape index (κ2) is 7.43. The lowest BCUT2D eigenvalue weighted by Crippen LogP contribution is -2.11. The highest BCUT2D eigenvalue weighted by atomic mass is 16.5. The van der Waals surface area contributed by atoms with E-state index in [1.54, 1.807) is 13.3 Å². The lowest BCUT2D eigenvalue weighted by Gasteiger charge is -2.12. The molecule has 0 aliphatic carbocycles. The fourth-order valence-corrected chi connectivity index (χ4v) is 2.31. The first-order valence-corrected chi connectivity index (χ1v) is 6.97. The van der Waals surface area contributed by atoms with Crippen LogP contribution < -0.4 is 4.74 Å². The van der Waals surface area contributed by atoms with Crippen LogP contribution in [0.3, 0.4) is 0 Å².